The maximum atomic E-state index is 12.5. The molecule has 6 nitrogen and oxygen atoms in total. The molecule has 2 aromatic rings. The van der Waals surface area contributed by atoms with Crippen LogP contribution in [0.3, 0.4) is 0 Å². The van der Waals surface area contributed by atoms with Crippen LogP contribution in [-0.4, -0.2) is 41.6 Å². The Morgan fingerprint density at radius 2 is 2.04 bits per heavy atom. The molecular weight excluding hydrogens is 322 g/mol. The summed E-state index contributed by atoms with van der Waals surface area (Å²) in [6, 6.07) is 9.98. The predicted octanol–water partition coefficient (Wildman–Crippen LogP) is 2.97. The Bertz CT molecular complexity index is 738. The molecule has 0 radical (unpaired) electrons. The van der Waals surface area contributed by atoms with Gasteiger partial charge in [-0.15, -0.1) is 0 Å². The Hall–Kier alpha value is -2.60. The topological polar surface area (TPSA) is 80.0 Å². The van der Waals surface area contributed by atoms with Crippen LogP contribution in [0.2, 0.25) is 0 Å². The monoisotopic (exact) mass is 343 g/mol. The van der Waals surface area contributed by atoms with E-state index in [1.54, 1.807) is 4.90 Å². The fourth-order valence-corrected chi connectivity index (χ4v) is 2.95. The van der Waals surface area contributed by atoms with Gasteiger partial charge in [0, 0.05) is 26.1 Å². The number of amides is 1. The molecule has 1 N–H and O–H groups in total. The van der Waals surface area contributed by atoms with E-state index in [1.165, 1.54) is 0 Å². The first-order chi connectivity index (χ1) is 12.2. The van der Waals surface area contributed by atoms with Crippen LogP contribution < -0.4 is 0 Å². The molecule has 1 amide bonds. The van der Waals surface area contributed by atoms with Gasteiger partial charge in [-0.3, -0.25) is 4.79 Å². The number of carboxylic acid groups (broad SMARTS) is 1. The van der Waals surface area contributed by atoms with Crippen LogP contribution in [0.15, 0.2) is 41.0 Å². The number of aromatic carboxylic acids is 1. The lowest BCUT2D eigenvalue weighted by Gasteiger charge is -2.26. The first-order valence-corrected chi connectivity index (χ1v) is 8.41. The van der Waals surface area contributed by atoms with Crippen molar-refractivity contribution in [1.29, 1.82) is 0 Å². The van der Waals surface area contributed by atoms with Crippen molar-refractivity contribution in [3.05, 3.63) is 59.0 Å². The summed E-state index contributed by atoms with van der Waals surface area (Å²) in [5.41, 5.74) is 1.30. The average Bonchev–Trinajstić information content (AvgIpc) is 3.06. The van der Waals surface area contributed by atoms with Crippen molar-refractivity contribution in [3.63, 3.8) is 0 Å². The van der Waals surface area contributed by atoms with Crippen molar-refractivity contribution in [2.45, 2.75) is 25.9 Å². The molecule has 132 valence electrons. The van der Waals surface area contributed by atoms with Gasteiger partial charge in [0.15, 0.2) is 0 Å². The summed E-state index contributed by atoms with van der Waals surface area (Å²) in [5.74, 6) is -0.906. The highest BCUT2D eigenvalue weighted by molar-refractivity contribution is 6.06. The zero-order valence-corrected chi connectivity index (χ0v) is 13.9. The van der Waals surface area contributed by atoms with Gasteiger partial charge in [-0.25, -0.2) is 4.79 Å². The van der Waals surface area contributed by atoms with Gasteiger partial charge in [0.2, 0.25) is 0 Å². The van der Waals surface area contributed by atoms with Crippen molar-refractivity contribution in [2.75, 3.05) is 19.7 Å². The molecule has 3 rings (SSSR count). The fraction of sp³-hybridized carbons (Fsp3) is 0.368. The molecule has 1 aromatic carbocycles. The van der Waals surface area contributed by atoms with Gasteiger partial charge < -0.3 is 19.2 Å². The maximum Gasteiger partial charge on any atom is 0.339 e. The maximum absolute atomic E-state index is 12.5. The number of carbonyl (C=O) groups excluding carboxylic acids is 1. The van der Waals surface area contributed by atoms with E-state index in [9.17, 15) is 9.59 Å². The van der Waals surface area contributed by atoms with E-state index >= 15 is 0 Å². The minimum Gasteiger partial charge on any atom is -0.478 e. The number of carbonyl (C=O) groups is 2. The van der Waals surface area contributed by atoms with Crippen LogP contribution in [0.4, 0.5) is 0 Å². The number of ether oxygens (including phenoxy) is 1. The van der Waals surface area contributed by atoms with E-state index in [0.29, 0.717) is 38.5 Å². The van der Waals surface area contributed by atoms with Crippen LogP contribution in [0.1, 0.15) is 44.9 Å². The summed E-state index contributed by atoms with van der Waals surface area (Å²) >= 11 is 0. The number of rotatable bonds is 8. The Morgan fingerprint density at radius 3 is 2.80 bits per heavy atom. The SMILES string of the molecule is O=C(O)c1coc2c1C(=O)N(CCCCOCc1ccccc1)CC2. The zero-order valence-electron chi connectivity index (χ0n) is 13.9. The van der Waals surface area contributed by atoms with Gasteiger partial charge in [-0.1, -0.05) is 30.3 Å². The molecular formula is C19H21NO5. The number of hydrogen-bond acceptors (Lipinski definition) is 4. The molecule has 0 aliphatic carbocycles. The van der Waals surface area contributed by atoms with E-state index in [4.69, 9.17) is 14.3 Å². The Balaban J connectivity index is 1.42. The second kappa shape index (κ2) is 7.98. The van der Waals surface area contributed by atoms with Gasteiger partial charge in [-0.2, -0.15) is 0 Å². The molecule has 0 bridgehead atoms. The molecule has 6 heteroatoms. The predicted molar refractivity (Wildman–Crippen MR) is 90.6 cm³/mol. The summed E-state index contributed by atoms with van der Waals surface area (Å²) in [5, 5.41) is 9.15. The minimum absolute atomic E-state index is 0.0455. The molecule has 2 heterocycles. The summed E-state index contributed by atoms with van der Waals surface area (Å²) in [7, 11) is 0. The molecule has 0 spiro atoms. The van der Waals surface area contributed by atoms with E-state index < -0.39 is 5.97 Å². The van der Waals surface area contributed by atoms with Crippen LogP contribution in [0.25, 0.3) is 0 Å². The number of nitrogens with zero attached hydrogens (tertiary/aromatic N) is 1. The third-order valence-electron chi connectivity index (χ3n) is 4.29. The molecule has 1 aliphatic heterocycles. The van der Waals surface area contributed by atoms with Crippen LogP contribution >= 0.6 is 0 Å². The Labute approximate surface area is 146 Å². The molecule has 25 heavy (non-hydrogen) atoms. The van der Waals surface area contributed by atoms with Crippen LogP contribution in [0, 0.1) is 0 Å². The zero-order chi connectivity index (χ0) is 17.6. The normalized spacial score (nSPS) is 13.8. The van der Waals surface area contributed by atoms with Gasteiger partial charge in [0.05, 0.1) is 12.2 Å². The summed E-state index contributed by atoms with van der Waals surface area (Å²) < 4.78 is 10.9. The quantitative estimate of drug-likeness (QED) is 0.745. The van der Waals surface area contributed by atoms with E-state index in [0.717, 1.165) is 24.7 Å². The van der Waals surface area contributed by atoms with Gasteiger partial charge in [0.25, 0.3) is 5.91 Å². The molecule has 0 unspecified atom stereocenters. The number of hydrogen-bond donors (Lipinski definition) is 1. The molecule has 0 saturated heterocycles. The number of carboxylic acids is 1. The van der Waals surface area contributed by atoms with E-state index in [-0.39, 0.29) is 17.0 Å². The largest absolute Gasteiger partial charge is 0.478 e. The summed E-state index contributed by atoms with van der Waals surface area (Å²) in [6.45, 7) is 2.37. The molecule has 1 aliphatic rings. The van der Waals surface area contributed by atoms with Crippen LogP contribution in [-0.2, 0) is 17.8 Å². The standard InChI is InChI=1S/C19H21NO5/c21-18-17-15(19(22)23)13-25-16(17)8-10-20(18)9-4-5-11-24-12-14-6-2-1-3-7-14/h1-3,6-7,13H,4-5,8-12H2,(H,22,23). The summed E-state index contributed by atoms with van der Waals surface area (Å²) in [6.07, 6.45) is 3.38. The van der Waals surface area contributed by atoms with Crippen molar-refractivity contribution in [3.8, 4) is 0 Å². The number of furan rings is 1. The van der Waals surface area contributed by atoms with Gasteiger partial charge in [0.1, 0.15) is 17.6 Å². The smallest absolute Gasteiger partial charge is 0.339 e. The van der Waals surface area contributed by atoms with E-state index in [1.807, 2.05) is 30.3 Å². The van der Waals surface area contributed by atoms with Crippen molar-refractivity contribution in [2.24, 2.45) is 0 Å². The highest BCUT2D eigenvalue weighted by Crippen LogP contribution is 2.24. The molecule has 0 saturated carbocycles. The summed E-state index contributed by atoms with van der Waals surface area (Å²) in [4.78, 5) is 25.4. The fourth-order valence-electron chi connectivity index (χ4n) is 2.95. The highest BCUT2D eigenvalue weighted by atomic mass is 16.5. The lowest BCUT2D eigenvalue weighted by molar-refractivity contribution is 0.0665. The Kier molecular flexibility index (Phi) is 5.50. The number of benzene rings is 1. The van der Waals surface area contributed by atoms with Gasteiger partial charge >= 0.3 is 5.97 Å². The van der Waals surface area contributed by atoms with Gasteiger partial charge in [-0.05, 0) is 18.4 Å². The lowest BCUT2D eigenvalue weighted by Crippen LogP contribution is -2.38. The first kappa shape index (κ1) is 17.2. The first-order valence-electron chi connectivity index (χ1n) is 8.41. The molecule has 1 aromatic heterocycles. The third kappa shape index (κ3) is 4.09. The van der Waals surface area contributed by atoms with Crippen LogP contribution in [0.5, 0.6) is 0 Å². The number of unbranched alkanes of at least 4 members (excludes halogenated alkanes) is 1. The van der Waals surface area contributed by atoms with E-state index in [2.05, 4.69) is 0 Å². The highest BCUT2D eigenvalue weighted by Gasteiger charge is 2.32. The molecule has 0 atom stereocenters. The number of fused-ring (bicyclic) bond motifs is 1. The lowest BCUT2D eigenvalue weighted by atomic mass is 10.0. The second-order valence-corrected chi connectivity index (χ2v) is 6.04. The van der Waals surface area contributed by atoms with Crippen molar-refractivity contribution in [1.82, 2.24) is 4.90 Å². The third-order valence-corrected chi connectivity index (χ3v) is 4.29. The average molecular weight is 343 g/mol. The van der Waals surface area contributed by atoms with Crippen molar-refractivity contribution >= 4 is 11.9 Å². The minimum atomic E-state index is -1.13. The molecule has 0 fully saturated rings. The van der Waals surface area contributed by atoms with Crippen molar-refractivity contribution < 1.29 is 23.8 Å². The Morgan fingerprint density at radius 1 is 1.24 bits per heavy atom. The second-order valence-electron chi connectivity index (χ2n) is 6.04.